The molecule has 1 aromatic carbocycles. The van der Waals surface area contributed by atoms with Crippen molar-refractivity contribution in [2.24, 2.45) is 0 Å². The van der Waals surface area contributed by atoms with Gasteiger partial charge in [-0.3, -0.25) is 4.79 Å². The van der Waals surface area contributed by atoms with Gasteiger partial charge in [-0.25, -0.2) is 0 Å². The van der Waals surface area contributed by atoms with Gasteiger partial charge in [0.2, 0.25) is 0 Å². The number of methoxy groups -OCH3 is 2. The minimum Gasteiger partial charge on any atom is -0.496 e. The van der Waals surface area contributed by atoms with Gasteiger partial charge in [0.25, 0.3) is 0 Å². The van der Waals surface area contributed by atoms with E-state index in [0.717, 1.165) is 24.8 Å². The first-order valence-electron chi connectivity index (χ1n) is 6.33. The molecule has 3 heteroatoms. The summed E-state index contributed by atoms with van der Waals surface area (Å²) < 4.78 is 10.8. The molecule has 98 valence electrons. The average Bonchev–Trinajstić information content (AvgIpc) is 2.33. The highest BCUT2D eigenvalue weighted by atomic mass is 16.5. The minimum absolute atomic E-state index is 0.108. The van der Waals surface area contributed by atoms with Crippen molar-refractivity contribution in [3.63, 3.8) is 0 Å². The van der Waals surface area contributed by atoms with Crippen molar-refractivity contribution in [1.29, 1.82) is 0 Å². The average molecular weight is 248 g/mol. The summed E-state index contributed by atoms with van der Waals surface area (Å²) in [6, 6.07) is 5.69. The highest BCUT2D eigenvalue weighted by Crippen LogP contribution is 2.39. The van der Waals surface area contributed by atoms with E-state index in [4.69, 9.17) is 9.47 Å². The lowest BCUT2D eigenvalue weighted by Gasteiger charge is -2.40. The summed E-state index contributed by atoms with van der Waals surface area (Å²) in [6.07, 6.45) is 3.54. The largest absolute Gasteiger partial charge is 0.496 e. The van der Waals surface area contributed by atoms with Crippen LogP contribution in [-0.4, -0.2) is 25.6 Å². The third-order valence-corrected chi connectivity index (χ3v) is 3.84. The Labute approximate surface area is 108 Å². The molecule has 0 amide bonds. The third kappa shape index (κ3) is 2.41. The summed E-state index contributed by atoms with van der Waals surface area (Å²) >= 11 is 0. The zero-order chi connectivity index (χ0) is 13.2. The molecule has 3 nitrogen and oxygen atoms in total. The predicted molar refractivity (Wildman–Crippen MR) is 70.3 cm³/mol. The molecule has 1 aromatic rings. The van der Waals surface area contributed by atoms with Gasteiger partial charge in [0.1, 0.15) is 5.75 Å². The van der Waals surface area contributed by atoms with Gasteiger partial charge in [0, 0.05) is 13.5 Å². The van der Waals surface area contributed by atoms with Crippen LogP contribution in [0, 0.1) is 6.92 Å². The minimum atomic E-state index is -0.230. The van der Waals surface area contributed by atoms with E-state index >= 15 is 0 Å². The highest BCUT2D eigenvalue weighted by Gasteiger charge is 2.39. The Kier molecular flexibility index (Phi) is 3.71. The molecule has 0 aliphatic heterocycles. The van der Waals surface area contributed by atoms with E-state index in [-0.39, 0.29) is 11.4 Å². The molecule has 1 fully saturated rings. The van der Waals surface area contributed by atoms with Crippen molar-refractivity contribution in [1.82, 2.24) is 0 Å². The molecule has 0 bridgehead atoms. The number of aryl methyl sites for hydroxylation is 1. The summed E-state index contributed by atoms with van der Waals surface area (Å²) in [5.41, 5.74) is 1.51. The Bertz CT molecular complexity index is 442. The SMILES string of the molecule is COc1ccc(C)cc1C(=O)CC1(OC)CCC1. The van der Waals surface area contributed by atoms with E-state index in [9.17, 15) is 4.79 Å². The fourth-order valence-electron chi connectivity index (χ4n) is 2.45. The van der Waals surface area contributed by atoms with Gasteiger partial charge in [0.05, 0.1) is 18.3 Å². The normalized spacial score (nSPS) is 17.1. The van der Waals surface area contributed by atoms with E-state index < -0.39 is 0 Å². The summed E-state index contributed by atoms with van der Waals surface area (Å²) in [6.45, 7) is 1.98. The van der Waals surface area contributed by atoms with Crippen molar-refractivity contribution in [3.05, 3.63) is 29.3 Å². The van der Waals surface area contributed by atoms with Crippen LogP contribution < -0.4 is 4.74 Å². The number of hydrogen-bond acceptors (Lipinski definition) is 3. The summed E-state index contributed by atoms with van der Waals surface area (Å²) in [4.78, 5) is 12.4. The number of carbonyl (C=O) groups is 1. The number of ketones is 1. The number of Topliss-reactive ketones (excluding diaryl/α,β-unsaturated/α-hetero) is 1. The van der Waals surface area contributed by atoms with Crippen LogP contribution in [0.1, 0.15) is 41.6 Å². The maximum absolute atomic E-state index is 12.4. The van der Waals surface area contributed by atoms with Crippen LogP contribution in [0.5, 0.6) is 5.75 Å². The molecule has 0 atom stereocenters. The summed E-state index contributed by atoms with van der Waals surface area (Å²) in [5, 5.41) is 0. The second-order valence-electron chi connectivity index (χ2n) is 5.04. The predicted octanol–water partition coefficient (Wildman–Crippen LogP) is 3.15. The van der Waals surface area contributed by atoms with E-state index in [0.29, 0.717) is 17.7 Å². The Morgan fingerprint density at radius 2 is 2.06 bits per heavy atom. The quantitative estimate of drug-likeness (QED) is 0.751. The first-order valence-corrected chi connectivity index (χ1v) is 6.33. The molecular weight excluding hydrogens is 228 g/mol. The van der Waals surface area contributed by atoms with Crippen molar-refractivity contribution in [3.8, 4) is 5.75 Å². The number of rotatable bonds is 5. The van der Waals surface area contributed by atoms with E-state index in [1.807, 2.05) is 25.1 Å². The number of hydrogen-bond donors (Lipinski definition) is 0. The van der Waals surface area contributed by atoms with Crippen molar-refractivity contribution in [2.75, 3.05) is 14.2 Å². The molecule has 0 radical (unpaired) electrons. The lowest BCUT2D eigenvalue weighted by molar-refractivity contribution is -0.0705. The van der Waals surface area contributed by atoms with Crippen LogP contribution in [0.25, 0.3) is 0 Å². The Morgan fingerprint density at radius 1 is 1.33 bits per heavy atom. The second-order valence-corrected chi connectivity index (χ2v) is 5.04. The fraction of sp³-hybridized carbons (Fsp3) is 0.533. The van der Waals surface area contributed by atoms with Gasteiger partial charge < -0.3 is 9.47 Å². The monoisotopic (exact) mass is 248 g/mol. The molecule has 0 heterocycles. The van der Waals surface area contributed by atoms with E-state index in [1.54, 1.807) is 14.2 Å². The van der Waals surface area contributed by atoms with Crippen LogP contribution in [0.2, 0.25) is 0 Å². The first-order chi connectivity index (χ1) is 8.60. The maximum atomic E-state index is 12.4. The van der Waals surface area contributed by atoms with Crippen LogP contribution in [-0.2, 0) is 4.74 Å². The van der Waals surface area contributed by atoms with Gasteiger partial charge >= 0.3 is 0 Å². The molecular formula is C15H20O3. The second kappa shape index (κ2) is 5.11. The van der Waals surface area contributed by atoms with Crippen LogP contribution in [0.3, 0.4) is 0 Å². The van der Waals surface area contributed by atoms with Crippen LogP contribution >= 0.6 is 0 Å². The molecule has 1 saturated carbocycles. The molecule has 1 aliphatic carbocycles. The highest BCUT2D eigenvalue weighted by molar-refractivity contribution is 5.99. The molecule has 0 spiro atoms. The van der Waals surface area contributed by atoms with Gasteiger partial charge in [-0.15, -0.1) is 0 Å². The molecule has 0 saturated heterocycles. The van der Waals surface area contributed by atoms with Crippen molar-refractivity contribution < 1.29 is 14.3 Å². The van der Waals surface area contributed by atoms with Gasteiger partial charge in [-0.2, -0.15) is 0 Å². The van der Waals surface area contributed by atoms with Crippen molar-refractivity contribution >= 4 is 5.78 Å². The van der Waals surface area contributed by atoms with Crippen molar-refractivity contribution in [2.45, 2.75) is 38.2 Å². The molecule has 0 aromatic heterocycles. The van der Waals surface area contributed by atoms with Gasteiger partial charge in [-0.05, 0) is 38.3 Å². The van der Waals surface area contributed by atoms with Gasteiger partial charge in [-0.1, -0.05) is 11.6 Å². The lowest BCUT2D eigenvalue weighted by atomic mass is 9.75. The smallest absolute Gasteiger partial charge is 0.169 e. The molecule has 0 unspecified atom stereocenters. The zero-order valence-electron chi connectivity index (χ0n) is 11.3. The standard InChI is InChI=1S/C15H20O3/c1-11-5-6-14(17-2)12(9-11)13(16)10-15(18-3)7-4-8-15/h5-6,9H,4,7-8,10H2,1-3H3. The Balaban J connectivity index is 2.20. The van der Waals surface area contributed by atoms with E-state index in [1.165, 1.54) is 0 Å². The first kappa shape index (κ1) is 13.1. The van der Waals surface area contributed by atoms with Crippen LogP contribution in [0.4, 0.5) is 0 Å². The Hall–Kier alpha value is -1.35. The maximum Gasteiger partial charge on any atom is 0.169 e. The molecule has 0 N–H and O–H groups in total. The zero-order valence-corrected chi connectivity index (χ0v) is 11.3. The number of benzene rings is 1. The Morgan fingerprint density at radius 3 is 2.56 bits per heavy atom. The number of carbonyl (C=O) groups excluding carboxylic acids is 1. The summed E-state index contributed by atoms with van der Waals surface area (Å²) in [5.74, 6) is 0.758. The fourth-order valence-corrected chi connectivity index (χ4v) is 2.45. The van der Waals surface area contributed by atoms with Crippen LogP contribution in [0.15, 0.2) is 18.2 Å². The lowest BCUT2D eigenvalue weighted by Crippen LogP contribution is -2.41. The molecule has 18 heavy (non-hydrogen) atoms. The molecule has 1 aliphatic rings. The number of ether oxygens (including phenoxy) is 2. The third-order valence-electron chi connectivity index (χ3n) is 3.84. The van der Waals surface area contributed by atoms with Gasteiger partial charge in [0.15, 0.2) is 5.78 Å². The van der Waals surface area contributed by atoms with E-state index in [2.05, 4.69) is 0 Å². The molecule has 2 rings (SSSR count). The topological polar surface area (TPSA) is 35.5 Å². The summed E-state index contributed by atoms with van der Waals surface area (Å²) in [7, 11) is 3.29.